The van der Waals surface area contributed by atoms with Gasteiger partial charge in [0.1, 0.15) is 23.1 Å². The van der Waals surface area contributed by atoms with Crippen molar-refractivity contribution in [1.82, 2.24) is 4.98 Å². The van der Waals surface area contributed by atoms with Gasteiger partial charge in [0.05, 0.1) is 17.3 Å². The van der Waals surface area contributed by atoms with Crippen molar-refractivity contribution < 1.29 is 4.74 Å². The first-order chi connectivity index (χ1) is 9.55. The first kappa shape index (κ1) is 13.6. The molecule has 0 saturated heterocycles. The number of benzene rings is 1. The molecular formula is C16H13N3O. The summed E-state index contributed by atoms with van der Waals surface area (Å²) in [6.45, 7) is 5.51. The Morgan fingerprint density at radius 3 is 2.40 bits per heavy atom. The van der Waals surface area contributed by atoms with Crippen molar-refractivity contribution >= 4 is 0 Å². The third kappa shape index (κ3) is 2.60. The second-order valence-electron chi connectivity index (χ2n) is 4.53. The molecule has 0 bridgehead atoms. The van der Waals surface area contributed by atoms with Gasteiger partial charge in [-0.25, -0.2) is 0 Å². The zero-order chi connectivity index (χ0) is 14.7. The molecule has 1 aromatic heterocycles. The molecule has 0 amide bonds. The summed E-state index contributed by atoms with van der Waals surface area (Å²) in [5.74, 6) is 1.04. The highest BCUT2D eigenvalue weighted by atomic mass is 16.5. The SMILES string of the molecule is Cc1cc(Oc2cc(C#N)ccc2C)c(C#N)c(C)n1. The lowest BCUT2D eigenvalue weighted by Crippen LogP contribution is -1.97. The minimum absolute atomic E-state index is 0.414. The normalized spacial score (nSPS) is 9.65. The van der Waals surface area contributed by atoms with Crippen LogP contribution in [0.1, 0.15) is 28.1 Å². The molecule has 0 atom stereocenters. The lowest BCUT2D eigenvalue weighted by molar-refractivity contribution is 0.475. The predicted octanol–water partition coefficient (Wildman–Crippen LogP) is 3.54. The van der Waals surface area contributed by atoms with E-state index >= 15 is 0 Å². The molecule has 4 heteroatoms. The Morgan fingerprint density at radius 2 is 1.75 bits per heavy atom. The summed E-state index contributed by atoms with van der Waals surface area (Å²) >= 11 is 0. The van der Waals surface area contributed by atoms with E-state index in [-0.39, 0.29) is 0 Å². The third-order valence-electron chi connectivity index (χ3n) is 2.94. The minimum atomic E-state index is 0.414. The molecule has 0 spiro atoms. The van der Waals surface area contributed by atoms with Crippen LogP contribution in [0.5, 0.6) is 11.5 Å². The van der Waals surface area contributed by atoms with Crippen LogP contribution in [0.4, 0.5) is 0 Å². The summed E-state index contributed by atoms with van der Waals surface area (Å²) in [6.07, 6.45) is 0. The molecule has 0 unspecified atom stereocenters. The topological polar surface area (TPSA) is 69.7 Å². The summed E-state index contributed by atoms with van der Waals surface area (Å²) < 4.78 is 5.82. The van der Waals surface area contributed by atoms with Crippen LogP contribution in [0.2, 0.25) is 0 Å². The van der Waals surface area contributed by atoms with Crippen molar-refractivity contribution in [3.63, 3.8) is 0 Å². The van der Waals surface area contributed by atoms with Crippen LogP contribution in [-0.2, 0) is 0 Å². The van der Waals surface area contributed by atoms with Gasteiger partial charge in [0, 0.05) is 11.8 Å². The fraction of sp³-hybridized carbons (Fsp3) is 0.188. The van der Waals surface area contributed by atoms with E-state index in [2.05, 4.69) is 17.1 Å². The first-order valence-corrected chi connectivity index (χ1v) is 6.12. The molecule has 2 rings (SSSR count). The monoisotopic (exact) mass is 263 g/mol. The average molecular weight is 263 g/mol. The molecule has 0 saturated carbocycles. The first-order valence-electron chi connectivity index (χ1n) is 6.12. The van der Waals surface area contributed by atoms with Crippen molar-refractivity contribution in [2.24, 2.45) is 0 Å². The van der Waals surface area contributed by atoms with E-state index in [1.54, 1.807) is 25.1 Å². The summed E-state index contributed by atoms with van der Waals surface area (Å²) in [5, 5.41) is 18.2. The maximum Gasteiger partial charge on any atom is 0.148 e. The van der Waals surface area contributed by atoms with Crippen LogP contribution in [0.25, 0.3) is 0 Å². The van der Waals surface area contributed by atoms with Crippen molar-refractivity contribution in [2.45, 2.75) is 20.8 Å². The second-order valence-corrected chi connectivity index (χ2v) is 4.53. The summed E-state index contributed by atoms with van der Waals surface area (Å²) in [4.78, 5) is 4.25. The summed E-state index contributed by atoms with van der Waals surface area (Å²) in [5.41, 5.74) is 3.26. The highest BCUT2D eigenvalue weighted by Crippen LogP contribution is 2.30. The molecule has 0 aliphatic carbocycles. The van der Waals surface area contributed by atoms with Crippen LogP contribution in [0.3, 0.4) is 0 Å². The van der Waals surface area contributed by atoms with Gasteiger partial charge in [-0.2, -0.15) is 10.5 Å². The Hall–Kier alpha value is -2.85. The smallest absolute Gasteiger partial charge is 0.148 e. The van der Waals surface area contributed by atoms with E-state index in [0.717, 1.165) is 11.3 Å². The highest BCUT2D eigenvalue weighted by molar-refractivity contribution is 5.50. The van der Waals surface area contributed by atoms with Crippen LogP contribution < -0.4 is 4.74 Å². The van der Waals surface area contributed by atoms with Crippen molar-refractivity contribution in [2.75, 3.05) is 0 Å². The number of pyridine rings is 1. The van der Waals surface area contributed by atoms with Gasteiger partial charge in [-0.05, 0) is 38.5 Å². The molecule has 0 radical (unpaired) electrons. The van der Waals surface area contributed by atoms with Gasteiger partial charge >= 0.3 is 0 Å². The van der Waals surface area contributed by atoms with Gasteiger partial charge in [-0.3, -0.25) is 4.98 Å². The quantitative estimate of drug-likeness (QED) is 0.830. The number of rotatable bonds is 2. The van der Waals surface area contributed by atoms with Gasteiger partial charge in [-0.1, -0.05) is 6.07 Å². The highest BCUT2D eigenvalue weighted by Gasteiger charge is 2.12. The van der Waals surface area contributed by atoms with Crippen LogP contribution in [-0.4, -0.2) is 4.98 Å². The maximum absolute atomic E-state index is 9.22. The number of aromatic nitrogens is 1. The number of nitrogens with zero attached hydrogens (tertiary/aromatic N) is 3. The van der Waals surface area contributed by atoms with E-state index in [0.29, 0.717) is 28.3 Å². The molecule has 0 aliphatic heterocycles. The predicted molar refractivity (Wildman–Crippen MR) is 74.4 cm³/mol. The fourth-order valence-electron chi connectivity index (χ4n) is 1.91. The van der Waals surface area contributed by atoms with Crippen molar-refractivity contribution in [3.8, 4) is 23.6 Å². The van der Waals surface area contributed by atoms with Gasteiger partial charge in [0.15, 0.2) is 0 Å². The fourth-order valence-corrected chi connectivity index (χ4v) is 1.91. The Labute approximate surface area is 117 Å². The van der Waals surface area contributed by atoms with Crippen LogP contribution in [0.15, 0.2) is 24.3 Å². The molecule has 98 valence electrons. The zero-order valence-corrected chi connectivity index (χ0v) is 11.6. The molecule has 4 nitrogen and oxygen atoms in total. The lowest BCUT2D eigenvalue weighted by atomic mass is 10.1. The summed E-state index contributed by atoms with van der Waals surface area (Å²) in [6, 6.07) is 11.1. The van der Waals surface area contributed by atoms with Gasteiger partial charge in [-0.15, -0.1) is 0 Å². The van der Waals surface area contributed by atoms with Gasteiger partial charge < -0.3 is 4.74 Å². The van der Waals surface area contributed by atoms with E-state index in [1.165, 1.54) is 0 Å². The van der Waals surface area contributed by atoms with Crippen LogP contribution >= 0.6 is 0 Å². The van der Waals surface area contributed by atoms with Gasteiger partial charge in [0.25, 0.3) is 0 Å². The Bertz CT molecular complexity index is 752. The zero-order valence-electron chi connectivity index (χ0n) is 11.6. The Kier molecular flexibility index (Phi) is 3.68. The Morgan fingerprint density at radius 1 is 1.00 bits per heavy atom. The lowest BCUT2D eigenvalue weighted by Gasteiger charge is -2.12. The third-order valence-corrected chi connectivity index (χ3v) is 2.94. The molecule has 1 aromatic carbocycles. The number of hydrogen-bond acceptors (Lipinski definition) is 4. The maximum atomic E-state index is 9.22. The number of ether oxygens (including phenoxy) is 1. The molecule has 0 N–H and O–H groups in total. The van der Waals surface area contributed by atoms with Crippen LogP contribution in [0, 0.1) is 43.4 Å². The van der Waals surface area contributed by atoms with Crippen molar-refractivity contribution in [3.05, 3.63) is 52.3 Å². The Balaban J connectivity index is 2.51. The largest absolute Gasteiger partial charge is 0.456 e. The van der Waals surface area contributed by atoms with E-state index in [4.69, 9.17) is 10.00 Å². The van der Waals surface area contributed by atoms with E-state index in [1.807, 2.05) is 19.9 Å². The molecule has 0 aliphatic rings. The molecule has 2 aromatic rings. The van der Waals surface area contributed by atoms with E-state index in [9.17, 15) is 5.26 Å². The summed E-state index contributed by atoms with van der Waals surface area (Å²) in [7, 11) is 0. The molecule has 1 heterocycles. The number of nitriles is 2. The number of hydrogen-bond donors (Lipinski definition) is 0. The average Bonchev–Trinajstić information content (AvgIpc) is 2.41. The molecule has 20 heavy (non-hydrogen) atoms. The molecular weight excluding hydrogens is 250 g/mol. The van der Waals surface area contributed by atoms with E-state index < -0.39 is 0 Å². The molecule has 0 fully saturated rings. The van der Waals surface area contributed by atoms with Gasteiger partial charge in [0.2, 0.25) is 0 Å². The second kappa shape index (κ2) is 5.42. The standard InChI is InChI=1S/C16H13N3O/c1-10-4-5-13(8-17)7-15(10)20-16-6-11(2)19-12(3)14(16)9-18/h4-7H,1-3H3. The van der Waals surface area contributed by atoms with Crippen molar-refractivity contribution in [1.29, 1.82) is 10.5 Å². The minimum Gasteiger partial charge on any atom is -0.456 e. The number of aryl methyl sites for hydroxylation is 3.